The van der Waals surface area contributed by atoms with Crippen LogP contribution >= 0.6 is 0 Å². The average Bonchev–Trinajstić information content (AvgIpc) is 3.12. The second-order valence-corrected chi connectivity index (χ2v) is 7.73. The number of ether oxygens (including phenoxy) is 2. The molecule has 0 radical (unpaired) electrons. The van der Waals surface area contributed by atoms with E-state index in [4.69, 9.17) is 4.74 Å². The molecule has 0 spiro atoms. The number of hydrogen-bond donors (Lipinski definition) is 1. The first kappa shape index (κ1) is 20.7. The Morgan fingerprint density at radius 2 is 1.79 bits per heavy atom. The van der Waals surface area contributed by atoms with Crippen molar-refractivity contribution in [2.24, 2.45) is 7.05 Å². The maximum Gasteiger partial charge on any atom is 0.387 e. The Morgan fingerprint density at radius 1 is 1.10 bits per heavy atom. The first-order valence-electron chi connectivity index (χ1n) is 8.49. The van der Waals surface area contributed by atoms with E-state index in [0.717, 1.165) is 0 Å². The van der Waals surface area contributed by atoms with Gasteiger partial charge in [0.2, 0.25) is 10.0 Å². The van der Waals surface area contributed by atoms with Gasteiger partial charge in [0.1, 0.15) is 28.3 Å². The van der Waals surface area contributed by atoms with Crippen LogP contribution in [0, 0.1) is 0 Å². The lowest BCUT2D eigenvalue weighted by molar-refractivity contribution is -0.0517. The maximum atomic E-state index is 13.1. The lowest BCUT2D eigenvalue weighted by atomic mass is 10.1. The summed E-state index contributed by atoms with van der Waals surface area (Å²) in [6.45, 7) is -3.15. The van der Waals surface area contributed by atoms with Crippen molar-refractivity contribution in [1.82, 2.24) is 14.3 Å². The predicted octanol–water partition coefficient (Wildman–Crippen LogP) is 3.10. The molecule has 0 fully saturated rings. The van der Waals surface area contributed by atoms with E-state index < -0.39 is 33.3 Å². The molecule has 0 aliphatic carbocycles. The summed E-state index contributed by atoms with van der Waals surface area (Å²) in [6.07, 6.45) is 3.21. The second kappa shape index (κ2) is 8.58. The maximum absolute atomic E-state index is 13.1. The van der Waals surface area contributed by atoms with Crippen molar-refractivity contribution >= 4 is 10.0 Å². The first-order valence-corrected chi connectivity index (χ1v) is 9.97. The van der Waals surface area contributed by atoms with Crippen LogP contribution in [0.15, 0.2) is 65.8 Å². The van der Waals surface area contributed by atoms with Crippen LogP contribution in [-0.2, 0) is 17.1 Å². The van der Waals surface area contributed by atoms with Gasteiger partial charge in [0.15, 0.2) is 0 Å². The van der Waals surface area contributed by atoms with E-state index in [1.807, 2.05) is 0 Å². The molecule has 0 amide bonds. The quantitative estimate of drug-likeness (QED) is 0.602. The molecule has 0 saturated carbocycles. The van der Waals surface area contributed by atoms with Crippen LogP contribution in [0.1, 0.15) is 17.4 Å². The fraction of sp³-hybridized carbons (Fsp3) is 0.211. The molecular formula is C19H19F2N3O4S. The highest BCUT2D eigenvalue weighted by molar-refractivity contribution is 7.89. The molecule has 0 aliphatic heterocycles. The number of hydrogen-bond acceptors (Lipinski definition) is 5. The Hall–Kier alpha value is -2.98. The summed E-state index contributed by atoms with van der Waals surface area (Å²) in [7, 11) is -0.990. The van der Waals surface area contributed by atoms with Gasteiger partial charge >= 0.3 is 6.61 Å². The Labute approximate surface area is 167 Å². The van der Waals surface area contributed by atoms with Crippen LogP contribution in [-0.4, -0.2) is 31.7 Å². The zero-order valence-corrected chi connectivity index (χ0v) is 16.4. The van der Waals surface area contributed by atoms with Gasteiger partial charge in [-0.2, -0.15) is 13.5 Å². The van der Waals surface area contributed by atoms with Crippen LogP contribution < -0.4 is 14.2 Å². The lowest BCUT2D eigenvalue weighted by Crippen LogP contribution is -2.31. The molecule has 29 heavy (non-hydrogen) atoms. The second-order valence-electron chi connectivity index (χ2n) is 6.05. The summed E-state index contributed by atoms with van der Waals surface area (Å²) in [5, 5.41) is 0. The van der Waals surface area contributed by atoms with Crippen molar-refractivity contribution in [3.05, 3.63) is 72.3 Å². The SMILES string of the molecule is COc1ccc(C(NS(=O)(=O)c2ccccc2OC(F)F)c2nccn2C)cc1. The highest BCUT2D eigenvalue weighted by Crippen LogP contribution is 2.29. The third-order valence-electron chi connectivity index (χ3n) is 4.19. The molecule has 1 unspecified atom stereocenters. The summed E-state index contributed by atoms with van der Waals surface area (Å²) < 4.78 is 65.2. The fourth-order valence-electron chi connectivity index (χ4n) is 2.81. The number of aromatic nitrogens is 2. The molecule has 0 aliphatic rings. The van der Waals surface area contributed by atoms with Gasteiger partial charge in [-0.05, 0) is 29.8 Å². The van der Waals surface area contributed by atoms with E-state index in [1.165, 1.54) is 37.6 Å². The molecule has 7 nitrogen and oxygen atoms in total. The number of alkyl halides is 2. The fourth-order valence-corrected chi connectivity index (χ4v) is 4.12. The minimum Gasteiger partial charge on any atom is -0.497 e. The molecule has 10 heteroatoms. The number of halogens is 2. The van der Waals surface area contributed by atoms with Crippen molar-refractivity contribution in [3.8, 4) is 11.5 Å². The largest absolute Gasteiger partial charge is 0.497 e. The minimum absolute atomic E-state index is 0.395. The highest BCUT2D eigenvalue weighted by atomic mass is 32.2. The average molecular weight is 423 g/mol. The Bertz CT molecular complexity index is 1070. The minimum atomic E-state index is -4.24. The van der Waals surface area contributed by atoms with Crippen molar-refractivity contribution in [2.75, 3.05) is 7.11 Å². The van der Waals surface area contributed by atoms with Crippen molar-refractivity contribution < 1.29 is 26.7 Å². The summed E-state index contributed by atoms with van der Waals surface area (Å²) in [5.74, 6) is 0.584. The monoisotopic (exact) mass is 423 g/mol. The standard InChI is InChI=1S/C19H19F2N3O4S/c1-24-12-11-22-18(24)17(13-7-9-14(27-2)10-8-13)23-29(25,26)16-6-4-3-5-15(16)28-19(20)21/h3-12,17,19,23H,1-2H3. The zero-order chi connectivity index (χ0) is 21.0. The van der Waals surface area contributed by atoms with Crippen LogP contribution in [0.5, 0.6) is 11.5 Å². The number of benzene rings is 2. The first-order chi connectivity index (χ1) is 13.8. The van der Waals surface area contributed by atoms with Gasteiger partial charge < -0.3 is 14.0 Å². The van der Waals surface area contributed by atoms with Gasteiger partial charge in [0, 0.05) is 19.4 Å². The Balaban J connectivity index is 2.03. The van der Waals surface area contributed by atoms with Crippen LogP contribution in [0.3, 0.4) is 0 Å². The normalized spacial score (nSPS) is 12.7. The van der Waals surface area contributed by atoms with E-state index >= 15 is 0 Å². The molecule has 0 saturated heterocycles. The van der Waals surface area contributed by atoms with Gasteiger partial charge in [-0.3, -0.25) is 0 Å². The number of rotatable bonds is 8. The number of imidazole rings is 1. The molecule has 1 atom stereocenters. The smallest absolute Gasteiger partial charge is 0.387 e. The van der Waals surface area contributed by atoms with Crippen molar-refractivity contribution in [2.45, 2.75) is 17.5 Å². The number of nitrogens with zero attached hydrogens (tertiary/aromatic N) is 2. The van der Waals surface area contributed by atoms with Gasteiger partial charge in [-0.25, -0.2) is 13.4 Å². The number of nitrogens with one attached hydrogen (secondary N) is 1. The predicted molar refractivity (Wildman–Crippen MR) is 101 cm³/mol. The number of sulfonamides is 1. The Morgan fingerprint density at radius 3 is 2.38 bits per heavy atom. The van der Waals surface area contributed by atoms with E-state index in [0.29, 0.717) is 17.1 Å². The third kappa shape index (κ3) is 4.72. The molecule has 2 aromatic carbocycles. The number of para-hydroxylation sites is 1. The number of methoxy groups -OCH3 is 1. The van der Waals surface area contributed by atoms with Crippen molar-refractivity contribution in [3.63, 3.8) is 0 Å². The molecule has 1 aromatic heterocycles. The van der Waals surface area contributed by atoms with Crippen molar-refractivity contribution in [1.29, 1.82) is 0 Å². The Kier molecular flexibility index (Phi) is 6.14. The molecule has 1 N–H and O–H groups in total. The molecular weight excluding hydrogens is 404 g/mol. The van der Waals surface area contributed by atoms with Gasteiger partial charge in [0.05, 0.1) is 7.11 Å². The third-order valence-corrected chi connectivity index (χ3v) is 5.66. The van der Waals surface area contributed by atoms with E-state index in [1.54, 1.807) is 42.1 Å². The van der Waals surface area contributed by atoms with Crippen LogP contribution in [0.4, 0.5) is 8.78 Å². The zero-order valence-electron chi connectivity index (χ0n) is 15.6. The van der Waals surface area contributed by atoms with E-state index in [-0.39, 0.29) is 0 Å². The molecule has 3 aromatic rings. The highest BCUT2D eigenvalue weighted by Gasteiger charge is 2.28. The van der Waals surface area contributed by atoms with E-state index in [2.05, 4.69) is 14.4 Å². The van der Waals surface area contributed by atoms with Crippen LogP contribution in [0.2, 0.25) is 0 Å². The van der Waals surface area contributed by atoms with Gasteiger partial charge in [0.25, 0.3) is 0 Å². The molecule has 0 bridgehead atoms. The van der Waals surface area contributed by atoms with Crippen LogP contribution in [0.25, 0.3) is 0 Å². The molecule has 154 valence electrons. The summed E-state index contributed by atoms with van der Waals surface area (Å²) in [5.41, 5.74) is 0.593. The summed E-state index contributed by atoms with van der Waals surface area (Å²) in [6, 6.07) is 11.1. The summed E-state index contributed by atoms with van der Waals surface area (Å²) in [4.78, 5) is 3.84. The molecule has 3 rings (SSSR count). The topological polar surface area (TPSA) is 82.4 Å². The number of aryl methyl sites for hydroxylation is 1. The van der Waals surface area contributed by atoms with Gasteiger partial charge in [-0.1, -0.05) is 24.3 Å². The van der Waals surface area contributed by atoms with Gasteiger partial charge in [-0.15, -0.1) is 0 Å². The summed E-state index contributed by atoms with van der Waals surface area (Å²) >= 11 is 0. The van der Waals surface area contributed by atoms with E-state index in [9.17, 15) is 17.2 Å². The lowest BCUT2D eigenvalue weighted by Gasteiger charge is -2.20. The molecule has 1 heterocycles.